The maximum Gasteiger partial charge on any atom is 0.331 e. The molecule has 31 heavy (non-hydrogen) atoms. The van der Waals surface area contributed by atoms with Crippen LogP contribution in [0.3, 0.4) is 0 Å². The molecule has 1 heterocycles. The first-order valence-corrected chi connectivity index (χ1v) is 11.3. The molecule has 0 atom stereocenters. The van der Waals surface area contributed by atoms with Crippen LogP contribution in [0, 0.1) is 0 Å². The highest BCUT2D eigenvalue weighted by Crippen LogP contribution is 2.33. The summed E-state index contributed by atoms with van der Waals surface area (Å²) in [4.78, 5) is 26.9. The zero-order chi connectivity index (χ0) is 21.9. The molecule has 2 aliphatic rings. The molecule has 1 aromatic rings. The summed E-state index contributed by atoms with van der Waals surface area (Å²) in [5, 5.41) is 3.00. The summed E-state index contributed by atoms with van der Waals surface area (Å²) < 4.78 is 16.2. The number of carbonyl (C=O) groups is 2. The van der Waals surface area contributed by atoms with Crippen LogP contribution >= 0.6 is 0 Å². The Labute approximate surface area is 184 Å². The Hall–Kier alpha value is -2.38. The molecule has 0 aromatic heterocycles. The van der Waals surface area contributed by atoms with Gasteiger partial charge in [-0.2, -0.15) is 0 Å². The topological polar surface area (TPSA) is 77.1 Å². The van der Waals surface area contributed by atoms with E-state index in [-0.39, 0.29) is 18.1 Å². The van der Waals surface area contributed by atoms with Crippen LogP contribution in [-0.2, 0) is 19.1 Å². The second-order valence-corrected chi connectivity index (χ2v) is 8.07. The van der Waals surface area contributed by atoms with Crippen molar-refractivity contribution in [2.24, 2.45) is 0 Å². The first-order valence-electron chi connectivity index (χ1n) is 11.3. The van der Waals surface area contributed by atoms with E-state index in [1.807, 2.05) is 31.2 Å². The van der Waals surface area contributed by atoms with Crippen LogP contribution < -0.4 is 10.1 Å². The number of rotatable bonds is 9. The van der Waals surface area contributed by atoms with Gasteiger partial charge in [0.25, 0.3) is 5.91 Å². The highest BCUT2D eigenvalue weighted by Gasteiger charge is 2.38. The number of nitrogens with zero attached hydrogens (tertiary/aromatic N) is 1. The van der Waals surface area contributed by atoms with Gasteiger partial charge in [0.15, 0.2) is 6.61 Å². The molecule has 1 N–H and O–H groups in total. The largest absolute Gasteiger partial charge is 0.493 e. The molecule has 0 unspecified atom stereocenters. The predicted octanol–water partition coefficient (Wildman–Crippen LogP) is 2.79. The average molecular weight is 431 g/mol. The lowest BCUT2D eigenvalue weighted by atomic mass is 9.79. The van der Waals surface area contributed by atoms with Crippen LogP contribution in [-0.4, -0.2) is 68.4 Å². The van der Waals surface area contributed by atoms with Gasteiger partial charge in [0.2, 0.25) is 0 Å². The van der Waals surface area contributed by atoms with Crippen LogP contribution in [0.5, 0.6) is 5.75 Å². The van der Waals surface area contributed by atoms with Gasteiger partial charge in [-0.25, -0.2) is 4.79 Å². The van der Waals surface area contributed by atoms with Gasteiger partial charge in [-0.3, -0.25) is 9.69 Å². The van der Waals surface area contributed by atoms with E-state index in [0.717, 1.165) is 44.7 Å². The minimum atomic E-state index is -0.554. The van der Waals surface area contributed by atoms with Crippen LogP contribution in [0.25, 0.3) is 6.08 Å². The number of carbonyl (C=O) groups excluding carboxylic acids is 2. The van der Waals surface area contributed by atoms with Crippen LogP contribution in [0.1, 0.15) is 44.6 Å². The fourth-order valence-corrected chi connectivity index (χ4v) is 4.41. The normalized spacial score (nSPS) is 19.1. The van der Waals surface area contributed by atoms with Crippen molar-refractivity contribution in [1.29, 1.82) is 0 Å². The zero-order valence-corrected chi connectivity index (χ0v) is 18.4. The smallest absolute Gasteiger partial charge is 0.331 e. The zero-order valence-electron chi connectivity index (χ0n) is 18.4. The van der Waals surface area contributed by atoms with E-state index >= 15 is 0 Å². The number of para-hydroxylation sites is 1. The lowest BCUT2D eigenvalue weighted by Gasteiger charge is -2.48. The molecule has 1 saturated heterocycles. The molecule has 2 fully saturated rings. The maximum atomic E-state index is 12.4. The molecule has 1 aliphatic carbocycles. The summed E-state index contributed by atoms with van der Waals surface area (Å²) in [5.41, 5.74) is 0.778. The molecule has 170 valence electrons. The Morgan fingerprint density at radius 1 is 1.16 bits per heavy atom. The Morgan fingerprint density at radius 3 is 2.65 bits per heavy atom. The predicted molar refractivity (Wildman–Crippen MR) is 119 cm³/mol. The van der Waals surface area contributed by atoms with E-state index in [9.17, 15) is 9.59 Å². The van der Waals surface area contributed by atoms with Crippen molar-refractivity contribution in [2.75, 3.05) is 46.1 Å². The van der Waals surface area contributed by atoms with Crippen LogP contribution in [0.2, 0.25) is 0 Å². The van der Waals surface area contributed by atoms with Crippen molar-refractivity contribution in [2.45, 2.75) is 44.6 Å². The van der Waals surface area contributed by atoms with Gasteiger partial charge < -0.3 is 19.5 Å². The minimum absolute atomic E-state index is 0.00934. The number of nitrogens with one attached hydrogen (secondary N) is 1. The van der Waals surface area contributed by atoms with Gasteiger partial charge in [-0.1, -0.05) is 37.5 Å². The van der Waals surface area contributed by atoms with Crippen molar-refractivity contribution in [3.05, 3.63) is 35.9 Å². The average Bonchev–Trinajstić information content (AvgIpc) is 2.82. The van der Waals surface area contributed by atoms with E-state index in [0.29, 0.717) is 18.9 Å². The van der Waals surface area contributed by atoms with E-state index in [2.05, 4.69) is 10.2 Å². The van der Waals surface area contributed by atoms with E-state index in [4.69, 9.17) is 14.2 Å². The Bertz CT molecular complexity index is 752. The molecule has 1 amide bonds. The molecule has 0 bridgehead atoms. The first kappa shape index (κ1) is 23.3. The van der Waals surface area contributed by atoms with Crippen LogP contribution in [0.4, 0.5) is 0 Å². The summed E-state index contributed by atoms with van der Waals surface area (Å²) in [5.74, 6) is -0.121. The quantitative estimate of drug-likeness (QED) is 0.480. The molecule has 1 saturated carbocycles. The fraction of sp³-hybridized carbons (Fsp3) is 0.583. The number of morpholine rings is 1. The summed E-state index contributed by atoms with van der Waals surface area (Å²) in [6, 6.07) is 7.45. The second kappa shape index (κ2) is 11.9. The van der Waals surface area contributed by atoms with Crippen molar-refractivity contribution in [3.8, 4) is 5.75 Å². The van der Waals surface area contributed by atoms with Crippen molar-refractivity contribution >= 4 is 18.0 Å². The van der Waals surface area contributed by atoms with Crippen molar-refractivity contribution in [3.63, 3.8) is 0 Å². The van der Waals surface area contributed by atoms with Gasteiger partial charge in [0.05, 0.1) is 19.8 Å². The molecule has 7 nitrogen and oxygen atoms in total. The SMILES string of the molecule is CCOc1ccccc1/C=C/C(=O)OCC(=O)NCC1(N2CCOCC2)CCCCC1. The minimum Gasteiger partial charge on any atom is -0.493 e. The molecule has 1 aromatic carbocycles. The van der Waals surface area contributed by atoms with Crippen molar-refractivity contribution in [1.82, 2.24) is 10.2 Å². The third-order valence-corrected chi connectivity index (χ3v) is 6.04. The number of hydrogen-bond acceptors (Lipinski definition) is 6. The summed E-state index contributed by atoms with van der Waals surface area (Å²) >= 11 is 0. The molecular formula is C24H34N2O5. The Balaban J connectivity index is 1.47. The molecule has 1 aliphatic heterocycles. The highest BCUT2D eigenvalue weighted by molar-refractivity contribution is 5.89. The lowest BCUT2D eigenvalue weighted by Crippen LogP contribution is -2.59. The monoisotopic (exact) mass is 430 g/mol. The van der Waals surface area contributed by atoms with Gasteiger partial charge in [-0.05, 0) is 31.9 Å². The van der Waals surface area contributed by atoms with Gasteiger partial charge >= 0.3 is 5.97 Å². The summed E-state index contributed by atoms with van der Waals surface area (Å²) in [7, 11) is 0. The number of amides is 1. The second-order valence-electron chi connectivity index (χ2n) is 8.07. The summed E-state index contributed by atoms with van der Waals surface area (Å²) in [6.07, 6.45) is 8.72. The van der Waals surface area contributed by atoms with E-state index in [1.54, 1.807) is 6.08 Å². The third kappa shape index (κ3) is 6.80. The van der Waals surface area contributed by atoms with Crippen molar-refractivity contribution < 1.29 is 23.8 Å². The van der Waals surface area contributed by atoms with E-state index in [1.165, 1.54) is 25.3 Å². The molecule has 0 radical (unpaired) electrons. The first-order chi connectivity index (χ1) is 15.1. The van der Waals surface area contributed by atoms with E-state index < -0.39 is 5.97 Å². The number of benzene rings is 1. The number of esters is 1. The molecular weight excluding hydrogens is 396 g/mol. The Morgan fingerprint density at radius 2 is 1.90 bits per heavy atom. The van der Waals surface area contributed by atoms with Crippen LogP contribution in [0.15, 0.2) is 30.3 Å². The number of hydrogen-bond donors (Lipinski definition) is 1. The number of ether oxygens (including phenoxy) is 3. The fourth-order valence-electron chi connectivity index (χ4n) is 4.41. The lowest BCUT2D eigenvalue weighted by molar-refractivity contribution is -0.144. The van der Waals surface area contributed by atoms with Gasteiger partial charge in [0, 0.05) is 36.8 Å². The summed E-state index contributed by atoms with van der Waals surface area (Å²) in [6.45, 7) is 6.04. The molecule has 0 spiro atoms. The molecule has 3 rings (SSSR count). The maximum absolute atomic E-state index is 12.4. The molecule has 7 heteroatoms. The van der Waals surface area contributed by atoms with Gasteiger partial charge in [0.1, 0.15) is 5.75 Å². The highest BCUT2D eigenvalue weighted by atomic mass is 16.5. The standard InChI is InChI=1S/C24H34N2O5/c1-2-30-21-9-5-4-8-20(21)10-11-23(28)31-18-22(27)25-19-24(12-6-3-7-13-24)26-14-16-29-17-15-26/h4-5,8-11H,2-3,6-7,12-19H2,1H3,(H,25,27)/b11-10+. The third-order valence-electron chi connectivity index (χ3n) is 6.04. The Kier molecular flexibility index (Phi) is 8.91. The van der Waals surface area contributed by atoms with Gasteiger partial charge in [-0.15, -0.1) is 0 Å².